The molecule has 2 aromatic carbocycles. The second-order valence-corrected chi connectivity index (χ2v) is 9.68. The maximum atomic E-state index is 12.7. The number of hydrogen-bond acceptors (Lipinski definition) is 8. The predicted octanol–water partition coefficient (Wildman–Crippen LogP) is 4.65. The van der Waals surface area contributed by atoms with Gasteiger partial charge in [-0.1, -0.05) is 30.3 Å². The zero-order chi connectivity index (χ0) is 27.4. The number of rotatable bonds is 8. The number of aryl methyl sites for hydroxylation is 2. The van der Waals surface area contributed by atoms with E-state index in [2.05, 4.69) is 5.32 Å². The van der Waals surface area contributed by atoms with E-state index in [9.17, 15) is 19.5 Å². The molecule has 3 atom stereocenters. The molecule has 1 aliphatic rings. The van der Waals surface area contributed by atoms with E-state index in [1.165, 1.54) is 7.11 Å². The summed E-state index contributed by atoms with van der Waals surface area (Å²) >= 11 is 0. The molecule has 38 heavy (non-hydrogen) atoms. The number of anilines is 1. The maximum Gasteiger partial charge on any atom is 0.506 e. The summed E-state index contributed by atoms with van der Waals surface area (Å²) in [6.45, 7) is 5.34. The molecule has 0 bridgehead atoms. The number of nitrogens with one attached hydrogen (secondary N) is 1. The molecule has 0 radical (unpaired) electrons. The second kappa shape index (κ2) is 11.2. The number of amides is 1. The Morgan fingerprint density at radius 3 is 2.58 bits per heavy atom. The van der Waals surface area contributed by atoms with E-state index in [-0.39, 0.29) is 30.0 Å². The lowest BCUT2D eigenvalue weighted by atomic mass is 9.92. The van der Waals surface area contributed by atoms with E-state index >= 15 is 0 Å². The standard InChI is InChI=1S/C28H31NO9/c1-16-20(35-26-21(36-27(32)33)15-22(34-4)28(2,3)38-26)12-11-18-14-19(25(31)37-24(16)18)29-23(30)13-10-17-8-6-5-7-9-17/h5-9,11-12,14,21-22,26H,10,13,15H2,1-4H3,(H,29,30)(H,32,33). The van der Waals surface area contributed by atoms with Crippen molar-refractivity contribution in [1.82, 2.24) is 0 Å². The van der Waals surface area contributed by atoms with Crippen LogP contribution < -0.4 is 15.7 Å². The Hall–Kier alpha value is -3.89. The third-order valence-corrected chi connectivity index (χ3v) is 6.58. The highest BCUT2D eigenvalue weighted by Gasteiger charge is 2.46. The summed E-state index contributed by atoms with van der Waals surface area (Å²) in [5.74, 6) is 0.0315. The van der Waals surface area contributed by atoms with Gasteiger partial charge in [-0.3, -0.25) is 4.79 Å². The Morgan fingerprint density at radius 2 is 1.89 bits per heavy atom. The summed E-state index contributed by atoms with van der Waals surface area (Å²) in [5, 5.41) is 12.4. The molecule has 1 aromatic heterocycles. The molecular weight excluding hydrogens is 494 g/mol. The van der Waals surface area contributed by atoms with E-state index in [0.29, 0.717) is 23.1 Å². The molecule has 1 saturated heterocycles. The minimum atomic E-state index is -1.46. The van der Waals surface area contributed by atoms with Crippen LogP contribution in [0, 0.1) is 6.92 Å². The number of carbonyl (C=O) groups excluding carboxylic acids is 1. The van der Waals surface area contributed by atoms with E-state index in [1.807, 2.05) is 44.2 Å². The van der Waals surface area contributed by atoms with E-state index in [1.54, 1.807) is 25.1 Å². The molecular formula is C28H31NO9. The van der Waals surface area contributed by atoms with Gasteiger partial charge in [-0.05, 0) is 51.0 Å². The first-order valence-corrected chi connectivity index (χ1v) is 12.3. The van der Waals surface area contributed by atoms with Crippen LogP contribution in [0.5, 0.6) is 5.75 Å². The lowest BCUT2D eigenvalue weighted by Crippen LogP contribution is -2.56. The van der Waals surface area contributed by atoms with Crippen LogP contribution in [0.25, 0.3) is 11.0 Å². The van der Waals surface area contributed by atoms with Crippen molar-refractivity contribution < 1.29 is 38.1 Å². The van der Waals surface area contributed by atoms with Crippen molar-refractivity contribution in [3.05, 3.63) is 70.1 Å². The van der Waals surface area contributed by atoms with Crippen LogP contribution in [-0.2, 0) is 25.4 Å². The molecule has 1 aliphatic heterocycles. The molecule has 4 rings (SSSR count). The van der Waals surface area contributed by atoms with E-state index in [0.717, 1.165) is 5.56 Å². The summed E-state index contributed by atoms with van der Waals surface area (Å²) in [7, 11) is 1.52. The molecule has 3 aromatic rings. The van der Waals surface area contributed by atoms with Crippen LogP contribution in [-0.4, -0.2) is 48.4 Å². The topological polar surface area (TPSA) is 134 Å². The van der Waals surface area contributed by atoms with Gasteiger partial charge in [-0.2, -0.15) is 0 Å². The molecule has 1 fully saturated rings. The Bertz CT molecular complexity index is 1370. The quantitative estimate of drug-likeness (QED) is 0.318. The molecule has 10 heteroatoms. The lowest BCUT2D eigenvalue weighted by Gasteiger charge is -2.44. The normalized spacial score (nSPS) is 20.6. The van der Waals surface area contributed by atoms with Gasteiger partial charge in [0.1, 0.15) is 17.0 Å². The molecule has 3 unspecified atom stereocenters. The molecule has 2 N–H and O–H groups in total. The average Bonchev–Trinajstić information content (AvgIpc) is 2.87. The van der Waals surface area contributed by atoms with Gasteiger partial charge in [0, 0.05) is 30.9 Å². The predicted molar refractivity (Wildman–Crippen MR) is 139 cm³/mol. The van der Waals surface area contributed by atoms with Gasteiger partial charge in [0.25, 0.3) is 0 Å². The van der Waals surface area contributed by atoms with Crippen molar-refractivity contribution >= 4 is 28.7 Å². The summed E-state index contributed by atoms with van der Waals surface area (Å²) in [4.78, 5) is 36.4. The van der Waals surface area contributed by atoms with Gasteiger partial charge in [-0.15, -0.1) is 0 Å². The van der Waals surface area contributed by atoms with Crippen LogP contribution in [0.2, 0.25) is 0 Å². The van der Waals surface area contributed by atoms with Gasteiger partial charge in [0.15, 0.2) is 6.10 Å². The first kappa shape index (κ1) is 27.2. The number of ether oxygens (including phenoxy) is 4. The number of fused-ring (bicyclic) bond motifs is 1. The Kier molecular flexibility index (Phi) is 8.03. The maximum absolute atomic E-state index is 12.7. The first-order chi connectivity index (χ1) is 18.1. The summed E-state index contributed by atoms with van der Waals surface area (Å²) in [5.41, 5.74) is 0.372. The fourth-order valence-corrected chi connectivity index (χ4v) is 4.53. The Morgan fingerprint density at radius 1 is 1.16 bits per heavy atom. The fraction of sp³-hybridized carbons (Fsp3) is 0.393. The van der Waals surface area contributed by atoms with Gasteiger partial charge in [-0.25, -0.2) is 9.59 Å². The number of methoxy groups -OCH3 is 1. The molecule has 10 nitrogen and oxygen atoms in total. The number of benzene rings is 2. The van der Waals surface area contributed by atoms with E-state index in [4.69, 9.17) is 23.4 Å². The highest BCUT2D eigenvalue weighted by molar-refractivity contribution is 5.93. The van der Waals surface area contributed by atoms with Crippen molar-refractivity contribution in [1.29, 1.82) is 0 Å². The fourth-order valence-electron chi connectivity index (χ4n) is 4.53. The summed E-state index contributed by atoms with van der Waals surface area (Å²) in [6, 6.07) is 14.5. The van der Waals surface area contributed by atoms with Crippen molar-refractivity contribution in [3.8, 4) is 5.75 Å². The van der Waals surface area contributed by atoms with Crippen LogP contribution in [0.1, 0.15) is 37.8 Å². The number of carbonyl (C=O) groups is 2. The molecule has 0 aliphatic carbocycles. The summed E-state index contributed by atoms with van der Waals surface area (Å²) in [6.07, 6.45) is -2.88. The SMILES string of the molecule is COC1CC(OC(=O)O)C(Oc2ccc3cc(NC(=O)CCc4ccccc4)c(=O)oc3c2C)OC1(C)C. The largest absolute Gasteiger partial charge is 0.506 e. The first-order valence-electron chi connectivity index (χ1n) is 12.3. The van der Waals surface area contributed by atoms with E-state index < -0.39 is 35.9 Å². The van der Waals surface area contributed by atoms with Crippen molar-refractivity contribution in [2.24, 2.45) is 0 Å². The Balaban J connectivity index is 1.53. The zero-order valence-corrected chi connectivity index (χ0v) is 21.7. The highest BCUT2D eigenvalue weighted by Crippen LogP contribution is 2.35. The van der Waals surface area contributed by atoms with Crippen molar-refractivity contribution in [2.45, 2.75) is 64.1 Å². The monoisotopic (exact) mass is 525 g/mol. The lowest BCUT2D eigenvalue weighted by molar-refractivity contribution is -0.272. The molecule has 0 spiro atoms. The van der Waals surface area contributed by atoms with Crippen LogP contribution in [0.15, 0.2) is 57.7 Å². The minimum absolute atomic E-state index is 0.0431. The number of hydrogen-bond donors (Lipinski definition) is 2. The summed E-state index contributed by atoms with van der Waals surface area (Å²) < 4.78 is 28.1. The smallest absolute Gasteiger partial charge is 0.460 e. The zero-order valence-electron chi connectivity index (χ0n) is 21.7. The Labute approximate surface area is 219 Å². The van der Waals surface area contributed by atoms with Gasteiger partial charge in [0.05, 0.1) is 11.7 Å². The molecule has 2 heterocycles. The number of carboxylic acid groups (broad SMARTS) is 1. The third kappa shape index (κ3) is 6.15. The highest BCUT2D eigenvalue weighted by atomic mass is 16.7. The average molecular weight is 526 g/mol. The molecule has 1 amide bonds. The van der Waals surface area contributed by atoms with Gasteiger partial charge >= 0.3 is 11.8 Å². The minimum Gasteiger partial charge on any atom is -0.460 e. The van der Waals surface area contributed by atoms with Crippen LogP contribution in [0.4, 0.5) is 10.5 Å². The van der Waals surface area contributed by atoms with Crippen LogP contribution in [0.3, 0.4) is 0 Å². The third-order valence-electron chi connectivity index (χ3n) is 6.58. The van der Waals surface area contributed by atoms with Crippen molar-refractivity contribution in [3.63, 3.8) is 0 Å². The second-order valence-electron chi connectivity index (χ2n) is 9.68. The van der Waals surface area contributed by atoms with Gasteiger partial charge in [0.2, 0.25) is 12.2 Å². The molecule has 202 valence electrons. The van der Waals surface area contributed by atoms with Gasteiger partial charge < -0.3 is 33.8 Å². The van der Waals surface area contributed by atoms with Crippen LogP contribution >= 0.6 is 0 Å². The molecule has 0 saturated carbocycles. The van der Waals surface area contributed by atoms with Crippen molar-refractivity contribution in [2.75, 3.05) is 12.4 Å².